The number of rotatable bonds is 1. The monoisotopic (exact) mass is 195 g/mol. The first-order valence-corrected chi connectivity index (χ1v) is 4.05. The van der Waals surface area contributed by atoms with E-state index in [9.17, 15) is 9.90 Å². The van der Waals surface area contributed by atoms with Gasteiger partial charge in [0.1, 0.15) is 0 Å². The molecule has 1 atom stereocenters. The van der Waals surface area contributed by atoms with Crippen LogP contribution >= 0.6 is 0 Å². The number of fused-ring (bicyclic) bond motifs is 1. The van der Waals surface area contributed by atoms with Gasteiger partial charge in [-0.05, 0) is 6.07 Å². The Hall–Kier alpha value is -1.75. The maximum Gasteiger partial charge on any atom is 0.415 e. The summed E-state index contributed by atoms with van der Waals surface area (Å²) in [5, 5.41) is 11.7. The summed E-state index contributed by atoms with van der Waals surface area (Å²) < 4.78 is 9.88. The standard InChI is InChI=1S/C9H9NO4/c1-13-6-4-2-3-5-7(6)14-9(12)10-8(5)11/h2-4,8,11H,1H3,(H,10,12)/t8-/m1/s1. The molecule has 1 aromatic carbocycles. The summed E-state index contributed by atoms with van der Waals surface area (Å²) in [6, 6.07) is 5.02. The van der Waals surface area contributed by atoms with Crippen LogP contribution < -0.4 is 14.8 Å². The Bertz CT molecular complexity index is 377. The Balaban J connectivity index is 2.52. The molecule has 14 heavy (non-hydrogen) atoms. The van der Waals surface area contributed by atoms with E-state index in [1.165, 1.54) is 7.11 Å². The van der Waals surface area contributed by atoms with Crippen LogP contribution in [0, 0.1) is 0 Å². The van der Waals surface area contributed by atoms with Crippen molar-refractivity contribution in [2.24, 2.45) is 0 Å². The molecule has 1 aliphatic heterocycles. The van der Waals surface area contributed by atoms with Gasteiger partial charge in [-0.3, -0.25) is 5.32 Å². The van der Waals surface area contributed by atoms with Crippen molar-refractivity contribution in [1.29, 1.82) is 0 Å². The zero-order chi connectivity index (χ0) is 10.1. The molecule has 2 rings (SSSR count). The third kappa shape index (κ3) is 1.27. The van der Waals surface area contributed by atoms with Crippen molar-refractivity contribution in [3.8, 4) is 11.5 Å². The predicted octanol–water partition coefficient (Wildman–Crippen LogP) is 0.788. The highest BCUT2D eigenvalue weighted by Crippen LogP contribution is 2.36. The molecular formula is C9H9NO4. The zero-order valence-corrected chi connectivity index (χ0v) is 7.48. The SMILES string of the molecule is COc1cccc2c1OC(=O)N[C@@H]2O. The zero-order valence-electron chi connectivity index (χ0n) is 7.48. The molecule has 74 valence electrons. The average molecular weight is 195 g/mol. The van der Waals surface area contributed by atoms with Crippen molar-refractivity contribution in [1.82, 2.24) is 5.32 Å². The second-order valence-electron chi connectivity index (χ2n) is 2.82. The average Bonchev–Trinajstić information content (AvgIpc) is 2.17. The summed E-state index contributed by atoms with van der Waals surface area (Å²) in [6.07, 6.45) is -1.73. The first-order valence-electron chi connectivity index (χ1n) is 4.05. The van der Waals surface area contributed by atoms with Crippen molar-refractivity contribution in [2.75, 3.05) is 7.11 Å². The van der Waals surface area contributed by atoms with Crippen molar-refractivity contribution >= 4 is 6.09 Å². The Labute approximate surface area is 80.3 Å². The van der Waals surface area contributed by atoms with Gasteiger partial charge in [-0.2, -0.15) is 0 Å². The largest absolute Gasteiger partial charge is 0.493 e. The van der Waals surface area contributed by atoms with Gasteiger partial charge in [0.2, 0.25) is 0 Å². The molecule has 0 fully saturated rings. The molecular weight excluding hydrogens is 186 g/mol. The van der Waals surface area contributed by atoms with Gasteiger partial charge in [-0.25, -0.2) is 4.79 Å². The van der Waals surface area contributed by atoms with E-state index in [1.807, 2.05) is 0 Å². The fourth-order valence-electron chi connectivity index (χ4n) is 1.33. The van der Waals surface area contributed by atoms with Crippen LogP contribution in [0.5, 0.6) is 11.5 Å². The van der Waals surface area contributed by atoms with Gasteiger partial charge < -0.3 is 14.6 Å². The Morgan fingerprint density at radius 3 is 3.07 bits per heavy atom. The number of carbonyl (C=O) groups excluding carboxylic acids is 1. The van der Waals surface area contributed by atoms with Crippen LogP contribution in [0.1, 0.15) is 11.8 Å². The van der Waals surface area contributed by atoms with Crippen molar-refractivity contribution in [3.05, 3.63) is 23.8 Å². The smallest absolute Gasteiger partial charge is 0.415 e. The third-order valence-electron chi connectivity index (χ3n) is 1.97. The maximum atomic E-state index is 11.0. The molecule has 0 saturated heterocycles. The Kier molecular flexibility index (Phi) is 2.01. The topological polar surface area (TPSA) is 67.8 Å². The van der Waals surface area contributed by atoms with Crippen LogP contribution in [-0.2, 0) is 0 Å². The normalized spacial score (nSPS) is 19.3. The van der Waals surface area contributed by atoms with Crippen molar-refractivity contribution in [3.63, 3.8) is 0 Å². The fraction of sp³-hybridized carbons (Fsp3) is 0.222. The molecule has 0 radical (unpaired) electrons. The number of aliphatic hydroxyl groups is 1. The van der Waals surface area contributed by atoms with Gasteiger partial charge >= 0.3 is 6.09 Å². The highest BCUT2D eigenvalue weighted by molar-refractivity contribution is 5.75. The number of nitrogens with one attached hydrogen (secondary N) is 1. The van der Waals surface area contributed by atoms with E-state index in [-0.39, 0.29) is 5.75 Å². The fourth-order valence-corrected chi connectivity index (χ4v) is 1.33. The van der Waals surface area contributed by atoms with Crippen LogP contribution in [0.4, 0.5) is 4.79 Å². The van der Waals surface area contributed by atoms with Crippen LogP contribution in [0.3, 0.4) is 0 Å². The lowest BCUT2D eigenvalue weighted by molar-refractivity contribution is 0.107. The Morgan fingerprint density at radius 2 is 2.36 bits per heavy atom. The van der Waals surface area contributed by atoms with E-state index in [2.05, 4.69) is 5.32 Å². The van der Waals surface area contributed by atoms with E-state index < -0.39 is 12.3 Å². The number of ether oxygens (including phenoxy) is 2. The lowest BCUT2D eigenvalue weighted by Crippen LogP contribution is -2.35. The van der Waals surface area contributed by atoms with Gasteiger partial charge in [0.05, 0.1) is 7.11 Å². The predicted molar refractivity (Wildman–Crippen MR) is 47.1 cm³/mol. The second kappa shape index (κ2) is 3.19. The van der Waals surface area contributed by atoms with E-state index in [0.29, 0.717) is 11.3 Å². The molecule has 5 heteroatoms. The molecule has 2 N–H and O–H groups in total. The molecule has 0 unspecified atom stereocenters. The summed E-state index contributed by atoms with van der Waals surface area (Å²) in [5.74, 6) is 0.697. The minimum absolute atomic E-state index is 0.270. The van der Waals surface area contributed by atoms with E-state index in [4.69, 9.17) is 9.47 Å². The summed E-state index contributed by atoms with van der Waals surface area (Å²) in [6.45, 7) is 0. The maximum absolute atomic E-state index is 11.0. The Morgan fingerprint density at radius 1 is 1.57 bits per heavy atom. The van der Waals surface area contributed by atoms with Crippen LogP contribution in [0.25, 0.3) is 0 Å². The van der Waals surface area contributed by atoms with Gasteiger partial charge in [0.25, 0.3) is 0 Å². The molecule has 0 spiro atoms. The number of hydrogen-bond acceptors (Lipinski definition) is 4. The van der Waals surface area contributed by atoms with Crippen molar-refractivity contribution in [2.45, 2.75) is 6.23 Å². The lowest BCUT2D eigenvalue weighted by atomic mass is 10.1. The highest BCUT2D eigenvalue weighted by Gasteiger charge is 2.26. The number of aliphatic hydroxyl groups excluding tert-OH is 1. The van der Waals surface area contributed by atoms with E-state index >= 15 is 0 Å². The number of para-hydroxylation sites is 1. The summed E-state index contributed by atoms with van der Waals surface area (Å²) in [5.41, 5.74) is 0.490. The minimum Gasteiger partial charge on any atom is -0.493 e. The number of methoxy groups -OCH3 is 1. The summed E-state index contributed by atoms with van der Waals surface area (Å²) in [7, 11) is 1.47. The van der Waals surface area contributed by atoms with E-state index in [0.717, 1.165) is 0 Å². The third-order valence-corrected chi connectivity index (χ3v) is 1.97. The quantitative estimate of drug-likeness (QED) is 0.695. The lowest BCUT2D eigenvalue weighted by Gasteiger charge is -2.23. The van der Waals surface area contributed by atoms with Gasteiger partial charge in [0, 0.05) is 5.56 Å². The molecule has 1 amide bonds. The molecule has 5 nitrogen and oxygen atoms in total. The summed E-state index contributed by atoms with van der Waals surface area (Å²) >= 11 is 0. The number of amides is 1. The molecule has 1 aliphatic rings. The van der Waals surface area contributed by atoms with Crippen molar-refractivity contribution < 1.29 is 19.4 Å². The highest BCUT2D eigenvalue weighted by atomic mass is 16.6. The number of carbonyl (C=O) groups is 1. The molecule has 0 saturated carbocycles. The van der Waals surface area contributed by atoms with Crippen LogP contribution in [0.15, 0.2) is 18.2 Å². The van der Waals surface area contributed by atoms with Gasteiger partial charge in [-0.15, -0.1) is 0 Å². The molecule has 0 aliphatic carbocycles. The molecule has 0 bridgehead atoms. The first-order chi connectivity index (χ1) is 6.72. The van der Waals surface area contributed by atoms with Gasteiger partial charge in [-0.1, -0.05) is 12.1 Å². The molecule has 1 aromatic rings. The number of benzene rings is 1. The van der Waals surface area contributed by atoms with Crippen LogP contribution in [0.2, 0.25) is 0 Å². The van der Waals surface area contributed by atoms with E-state index in [1.54, 1.807) is 18.2 Å². The van der Waals surface area contributed by atoms with Gasteiger partial charge in [0.15, 0.2) is 17.7 Å². The first kappa shape index (κ1) is 8.83. The minimum atomic E-state index is -1.04. The second-order valence-corrected chi connectivity index (χ2v) is 2.82. The molecule has 1 heterocycles. The van der Waals surface area contributed by atoms with Crippen LogP contribution in [-0.4, -0.2) is 18.3 Å². The summed E-state index contributed by atoms with van der Waals surface area (Å²) in [4.78, 5) is 11.0. The molecule has 0 aromatic heterocycles. The number of hydrogen-bond donors (Lipinski definition) is 2.